The molecule has 1 aromatic heterocycles. The fourth-order valence-corrected chi connectivity index (χ4v) is 3.58. The van der Waals surface area contributed by atoms with E-state index in [1.807, 2.05) is 29.8 Å². The van der Waals surface area contributed by atoms with E-state index >= 15 is 0 Å². The second-order valence-electron chi connectivity index (χ2n) is 5.94. The van der Waals surface area contributed by atoms with Crippen LogP contribution in [0.5, 0.6) is 0 Å². The zero-order valence-corrected chi connectivity index (χ0v) is 14.7. The summed E-state index contributed by atoms with van der Waals surface area (Å²) in [7, 11) is 0. The van der Waals surface area contributed by atoms with Crippen LogP contribution in [0, 0.1) is 0 Å². The SMILES string of the molecule is O=C(C=Cc1ccccc1N1CCC(NCc2nccs2)CC1)NO. The molecule has 3 N–H and O–H groups in total. The molecule has 0 saturated carbocycles. The highest BCUT2D eigenvalue weighted by atomic mass is 32.1. The Kier molecular flexibility index (Phi) is 6.16. The van der Waals surface area contributed by atoms with Gasteiger partial charge in [-0.2, -0.15) is 0 Å². The zero-order chi connectivity index (χ0) is 17.5. The van der Waals surface area contributed by atoms with Crippen molar-refractivity contribution in [3.05, 3.63) is 52.5 Å². The first kappa shape index (κ1) is 17.6. The largest absolute Gasteiger partial charge is 0.371 e. The molecule has 7 heteroatoms. The Balaban J connectivity index is 1.57. The van der Waals surface area contributed by atoms with Crippen molar-refractivity contribution < 1.29 is 10.0 Å². The van der Waals surface area contributed by atoms with Crippen LogP contribution in [0.2, 0.25) is 0 Å². The van der Waals surface area contributed by atoms with Crippen molar-refractivity contribution in [3.63, 3.8) is 0 Å². The summed E-state index contributed by atoms with van der Waals surface area (Å²) >= 11 is 1.68. The molecular formula is C18H22N4O2S. The maximum absolute atomic E-state index is 11.2. The predicted octanol–water partition coefficient (Wildman–Crippen LogP) is 2.42. The normalized spacial score (nSPS) is 15.6. The Hall–Kier alpha value is -2.22. The second-order valence-corrected chi connectivity index (χ2v) is 6.92. The predicted molar refractivity (Wildman–Crippen MR) is 99.6 cm³/mol. The summed E-state index contributed by atoms with van der Waals surface area (Å²) in [4.78, 5) is 17.9. The van der Waals surface area contributed by atoms with Gasteiger partial charge in [-0.1, -0.05) is 18.2 Å². The Morgan fingerprint density at radius 1 is 1.36 bits per heavy atom. The zero-order valence-electron chi connectivity index (χ0n) is 13.9. The Morgan fingerprint density at radius 3 is 2.88 bits per heavy atom. The van der Waals surface area contributed by atoms with E-state index in [1.54, 1.807) is 22.9 Å². The summed E-state index contributed by atoms with van der Waals surface area (Å²) in [5.74, 6) is -0.528. The average molecular weight is 358 g/mol. The van der Waals surface area contributed by atoms with Crippen molar-refractivity contribution in [1.82, 2.24) is 15.8 Å². The molecule has 0 aliphatic carbocycles. The number of amides is 1. The van der Waals surface area contributed by atoms with Crippen molar-refractivity contribution in [3.8, 4) is 0 Å². The molecule has 0 spiro atoms. The molecule has 25 heavy (non-hydrogen) atoms. The van der Waals surface area contributed by atoms with Gasteiger partial charge >= 0.3 is 0 Å². The number of nitrogens with zero attached hydrogens (tertiary/aromatic N) is 2. The number of thiazole rings is 1. The summed E-state index contributed by atoms with van der Waals surface area (Å²) in [6.07, 6.45) is 7.04. The lowest BCUT2D eigenvalue weighted by Crippen LogP contribution is -2.42. The molecule has 1 aliphatic heterocycles. The highest BCUT2D eigenvalue weighted by Crippen LogP contribution is 2.25. The molecule has 6 nitrogen and oxygen atoms in total. The third kappa shape index (κ3) is 4.88. The van der Waals surface area contributed by atoms with Crippen LogP contribution < -0.4 is 15.7 Å². The Bertz CT molecular complexity index is 710. The maximum atomic E-state index is 11.2. The standard InChI is InChI=1S/C18H22N4O2S/c23-17(21-24)6-5-14-3-1-2-4-16(14)22-10-7-15(8-11-22)20-13-18-19-9-12-25-18/h1-6,9,12,15,20,24H,7-8,10-11,13H2,(H,21,23). The molecular weight excluding hydrogens is 336 g/mol. The van der Waals surface area contributed by atoms with Crippen LogP contribution in [0.4, 0.5) is 5.69 Å². The summed E-state index contributed by atoms with van der Waals surface area (Å²) in [5.41, 5.74) is 3.70. The van der Waals surface area contributed by atoms with Crippen molar-refractivity contribution >= 4 is 29.0 Å². The molecule has 0 atom stereocenters. The van der Waals surface area contributed by atoms with Gasteiger partial charge in [0.1, 0.15) is 5.01 Å². The second kappa shape index (κ2) is 8.75. The Labute approximate surface area is 151 Å². The molecule has 1 aromatic carbocycles. The lowest BCUT2D eigenvalue weighted by atomic mass is 10.0. The van der Waals surface area contributed by atoms with Gasteiger partial charge in [0.2, 0.25) is 0 Å². The fourth-order valence-electron chi connectivity index (χ4n) is 3.02. The van der Waals surface area contributed by atoms with E-state index in [0.717, 1.165) is 48.7 Å². The lowest BCUT2D eigenvalue weighted by molar-refractivity contribution is -0.124. The van der Waals surface area contributed by atoms with Gasteiger partial charge in [-0.25, -0.2) is 10.5 Å². The molecule has 2 heterocycles. The quantitative estimate of drug-likeness (QED) is 0.420. The van der Waals surface area contributed by atoms with Gasteiger partial charge in [0.05, 0.1) is 0 Å². The first-order valence-electron chi connectivity index (χ1n) is 8.34. The van der Waals surface area contributed by atoms with E-state index in [1.165, 1.54) is 6.08 Å². The number of carbonyl (C=O) groups excluding carboxylic acids is 1. The number of carbonyl (C=O) groups is 1. The molecule has 0 bridgehead atoms. The molecule has 0 unspecified atom stereocenters. The molecule has 1 saturated heterocycles. The summed E-state index contributed by atoms with van der Waals surface area (Å²) in [6, 6.07) is 8.50. The third-order valence-electron chi connectivity index (χ3n) is 4.32. The smallest absolute Gasteiger partial charge is 0.267 e. The van der Waals surface area contributed by atoms with Crippen molar-refractivity contribution in [2.45, 2.75) is 25.4 Å². The highest BCUT2D eigenvalue weighted by molar-refractivity contribution is 7.09. The van der Waals surface area contributed by atoms with Crippen LogP contribution in [-0.4, -0.2) is 35.2 Å². The van der Waals surface area contributed by atoms with E-state index in [9.17, 15) is 4.79 Å². The van der Waals surface area contributed by atoms with Crippen LogP contribution in [0.1, 0.15) is 23.4 Å². The van der Waals surface area contributed by atoms with Crippen LogP contribution in [0.15, 0.2) is 41.9 Å². The number of aromatic nitrogens is 1. The molecule has 2 aromatic rings. The first-order valence-corrected chi connectivity index (χ1v) is 9.22. The number of hydroxylamine groups is 1. The first-order chi connectivity index (χ1) is 12.3. The minimum absolute atomic E-state index is 0.503. The van der Waals surface area contributed by atoms with Gasteiger partial charge < -0.3 is 10.2 Å². The van der Waals surface area contributed by atoms with Crippen LogP contribution in [0.25, 0.3) is 6.08 Å². The molecule has 132 valence electrons. The maximum Gasteiger partial charge on any atom is 0.267 e. The molecule has 3 rings (SSSR count). The fraction of sp³-hybridized carbons (Fsp3) is 0.333. The number of nitrogens with one attached hydrogen (secondary N) is 2. The van der Waals surface area contributed by atoms with E-state index in [0.29, 0.717) is 6.04 Å². The number of para-hydroxylation sites is 1. The number of piperidine rings is 1. The monoisotopic (exact) mass is 358 g/mol. The van der Waals surface area contributed by atoms with Crippen molar-refractivity contribution in [2.75, 3.05) is 18.0 Å². The topological polar surface area (TPSA) is 77.5 Å². The molecule has 0 radical (unpaired) electrons. The van der Waals surface area contributed by atoms with Crippen molar-refractivity contribution in [1.29, 1.82) is 0 Å². The van der Waals surface area contributed by atoms with E-state index in [2.05, 4.69) is 21.3 Å². The number of anilines is 1. The average Bonchev–Trinajstić information content (AvgIpc) is 3.19. The lowest BCUT2D eigenvalue weighted by Gasteiger charge is -2.34. The summed E-state index contributed by atoms with van der Waals surface area (Å²) < 4.78 is 0. The van der Waals surface area contributed by atoms with E-state index in [4.69, 9.17) is 5.21 Å². The van der Waals surface area contributed by atoms with Crippen molar-refractivity contribution in [2.24, 2.45) is 0 Å². The molecule has 1 fully saturated rings. The number of benzene rings is 1. The highest BCUT2D eigenvalue weighted by Gasteiger charge is 2.20. The minimum Gasteiger partial charge on any atom is -0.371 e. The van der Waals surface area contributed by atoms with Crippen LogP contribution >= 0.6 is 11.3 Å². The number of hydrogen-bond acceptors (Lipinski definition) is 6. The number of rotatable bonds is 6. The van der Waals surface area contributed by atoms with Gasteiger partial charge in [-0.3, -0.25) is 10.0 Å². The Morgan fingerprint density at radius 2 is 2.16 bits per heavy atom. The van der Waals surface area contributed by atoms with Gasteiger partial charge in [-0.15, -0.1) is 11.3 Å². The van der Waals surface area contributed by atoms with Gasteiger partial charge in [-0.05, 0) is 30.5 Å². The van der Waals surface area contributed by atoms with E-state index < -0.39 is 5.91 Å². The number of hydrogen-bond donors (Lipinski definition) is 3. The summed E-state index contributed by atoms with van der Waals surface area (Å²) in [5, 5.41) is 15.3. The van der Waals surface area contributed by atoms with E-state index in [-0.39, 0.29) is 0 Å². The van der Waals surface area contributed by atoms with Gasteiger partial charge in [0, 0.05) is 49.0 Å². The van der Waals surface area contributed by atoms with Crippen LogP contribution in [-0.2, 0) is 11.3 Å². The van der Waals surface area contributed by atoms with Gasteiger partial charge in [0.25, 0.3) is 5.91 Å². The summed E-state index contributed by atoms with van der Waals surface area (Å²) in [6.45, 7) is 2.76. The third-order valence-corrected chi connectivity index (χ3v) is 5.10. The van der Waals surface area contributed by atoms with Crippen LogP contribution in [0.3, 0.4) is 0 Å². The minimum atomic E-state index is -0.528. The molecule has 1 amide bonds. The molecule has 1 aliphatic rings. The van der Waals surface area contributed by atoms with Gasteiger partial charge in [0.15, 0.2) is 0 Å².